The van der Waals surface area contributed by atoms with Gasteiger partial charge in [-0.25, -0.2) is 4.39 Å². The van der Waals surface area contributed by atoms with E-state index in [4.69, 9.17) is 0 Å². The topological polar surface area (TPSA) is 12.0 Å². The first-order valence-corrected chi connectivity index (χ1v) is 3.72. The minimum Gasteiger partial charge on any atom is -0.316 e. The van der Waals surface area contributed by atoms with Gasteiger partial charge in [-0.3, -0.25) is 0 Å². The molecule has 0 aromatic carbocycles. The maximum absolute atomic E-state index is 13.0. The summed E-state index contributed by atoms with van der Waals surface area (Å²) in [6.45, 7) is 1.83. The lowest BCUT2D eigenvalue weighted by atomic mass is 9.98. The van der Waals surface area contributed by atoms with Crippen molar-refractivity contribution in [2.24, 2.45) is 11.8 Å². The number of piperidine rings is 1. The number of hydrogen-bond acceptors (Lipinski definition) is 1. The summed E-state index contributed by atoms with van der Waals surface area (Å²) in [5.74, 6) is 0.701. The van der Waals surface area contributed by atoms with Crippen LogP contribution in [0.2, 0.25) is 0 Å². The Labute approximate surface area is 54.6 Å². The first-order chi connectivity index (χ1) is 4.38. The molecule has 1 saturated carbocycles. The highest BCUT2D eigenvalue weighted by molar-refractivity contribution is 4.91. The average molecular weight is 129 g/mol. The second kappa shape index (κ2) is 1.94. The predicted octanol–water partition coefficient (Wildman–Crippen LogP) is 0.954. The number of fused-ring (bicyclic) bond motifs is 2. The molecule has 2 heteroatoms. The molecule has 0 aromatic rings. The maximum Gasteiger partial charge on any atom is 0.108 e. The third-order valence-electron chi connectivity index (χ3n) is 2.62. The van der Waals surface area contributed by atoms with E-state index in [2.05, 4.69) is 5.32 Å². The third-order valence-corrected chi connectivity index (χ3v) is 2.62. The second-order valence-electron chi connectivity index (χ2n) is 3.20. The monoisotopic (exact) mass is 129 g/mol. The fourth-order valence-corrected chi connectivity index (χ4v) is 2.01. The average Bonchev–Trinajstić information content (AvgIpc) is 2.19. The van der Waals surface area contributed by atoms with Crippen LogP contribution in [0.1, 0.15) is 12.8 Å². The van der Waals surface area contributed by atoms with Crippen LogP contribution in [-0.4, -0.2) is 19.3 Å². The highest BCUT2D eigenvalue weighted by Gasteiger charge is 2.38. The van der Waals surface area contributed by atoms with Crippen molar-refractivity contribution in [3.05, 3.63) is 0 Å². The van der Waals surface area contributed by atoms with Crippen molar-refractivity contribution in [1.82, 2.24) is 5.32 Å². The summed E-state index contributed by atoms with van der Waals surface area (Å²) in [5.41, 5.74) is 0. The van der Waals surface area contributed by atoms with E-state index in [9.17, 15) is 4.39 Å². The van der Waals surface area contributed by atoms with Crippen molar-refractivity contribution in [2.75, 3.05) is 13.1 Å². The molecule has 0 amide bonds. The highest BCUT2D eigenvalue weighted by Crippen LogP contribution is 2.35. The minimum absolute atomic E-state index is 0.351. The lowest BCUT2D eigenvalue weighted by Gasteiger charge is -2.23. The van der Waals surface area contributed by atoms with Gasteiger partial charge in [0.05, 0.1) is 0 Å². The van der Waals surface area contributed by atoms with Gasteiger partial charge in [-0.05, 0) is 12.8 Å². The number of halogens is 1. The van der Waals surface area contributed by atoms with Gasteiger partial charge >= 0.3 is 0 Å². The number of hydrogen-bond donors (Lipinski definition) is 1. The van der Waals surface area contributed by atoms with Crippen LogP contribution in [0.4, 0.5) is 4.39 Å². The summed E-state index contributed by atoms with van der Waals surface area (Å²) in [4.78, 5) is 0. The van der Waals surface area contributed by atoms with Gasteiger partial charge in [-0.2, -0.15) is 0 Å². The summed E-state index contributed by atoms with van der Waals surface area (Å²) in [6.07, 6.45) is 1.74. The molecule has 0 radical (unpaired) electrons. The molecular formula is C7H12FN. The van der Waals surface area contributed by atoms with Gasteiger partial charge in [0.15, 0.2) is 0 Å². The van der Waals surface area contributed by atoms with Crippen LogP contribution < -0.4 is 5.32 Å². The number of rotatable bonds is 0. The zero-order valence-corrected chi connectivity index (χ0v) is 5.44. The maximum atomic E-state index is 13.0. The standard InChI is InChI=1S/C7H12FN/c8-7-5-1-2-6(7)4-9-3-5/h5-7,9H,1-4H2/t5-,6-/m0/s1. The Morgan fingerprint density at radius 2 is 1.67 bits per heavy atom. The third kappa shape index (κ3) is 0.767. The Balaban J connectivity index is 2.10. The predicted molar refractivity (Wildman–Crippen MR) is 34.0 cm³/mol. The van der Waals surface area contributed by atoms with Crippen molar-refractivity contribution in [3.8, 4) is 0 Å². The minimum atomic E-state index is -0.480. The van der Waals surface area contributed by atoms with E-state index < -0.39 is 6.17 Å². The molecule has 0 spiro atoms. The van der Waals surface area contributed by atoms with Gasteiger partial charge in [-0.1, -0.05) is 0 Å². The highest BCUT2D eigenvalue weighted by atomic mass is 19.1. The summed E-state index contributed by atoms with van der Waals surface area (Å²) < 4.78 is 13.0. The van der Waals surface area contributed by atoms with Crippen molar-refractivity contribution in [2.45, 2.75) is 19.0 Å². The van der Waals surface area contributed by atoms with E-state index in [1.54, 1.807) is 0 Å². The fraction of sp³-hybridized carbons (Fsp3) is 1.00. The number of nitrogens with one attached hydrogen (secondary N) is 1. The molecule has 2 atom stereocenters. The van der Waals surface area contributed by atoms with Gasteiger partial charge in [0.1, 0.15) is 6.17 Å². The van der Waals surface area contributed by atoms with E-state index in [0.29, 0.717) is 11.8 Å². The molecule has 1 N–H and O–H groups in total. The molecule has 2 fully saturated rings. The first-order valence-electron chi connectivity index (χ1n) is 3.72. The Morgan fingerprint density at radius 3 is 2.11 bits per heavy atom. The van der Waals surface area contributed by atoms with Crippen molar-refractivity contribution in [1.29, 1.82) is 0 Å². The van der Waals surface area contributed by atoms with Crippen molar-refractivity contribution >= 4 is 0 Å². The molecule has 2 aliphatic rings. The van der Waals surface area contributed by atoms with Crippen molar-refractivity contribution < 1.29 is 4.39 Å². The second-order valence-corrected chi connectivity index (χ2v) is 3.20. The smallest absolute Gasteiger partial charge is 0.108 e. The van der Waals surface area contributed by atoms with Crippen LogP contribution in [0, 0.1) is 11.8 Å². The van der Waals surface area contributed by atoms with Crippen LogP contribution in [0.3, 0.4) is 0 Å². The molecular weight excluding hydrogens is 117 g/mol. The molecule has 1 nitrogen and oxygen atoms in total. The van der Waals surface area contributed by atoms with E-state index in [0.717, 1.165) is 25.9 Å². The molecule has 9 heavy (non-hydrogen) atoms. The van der Waals surface area contributed by atoms with Gasteiger partial charge in [0.2, 0.25) is 0 Å². The molecule has 0 aromatic heterocycles. The lowest BCUT2D eigenvalue weighted by Crippen LogP contribution is -2.39. The van der Waals surface area contributed by atoms with Crippen molar-refractivity contribution in [3.63, 3.8) is 0 Å². The number of alkyl halides is 1. The zero-order valence-electron chi connectivity index (χ0n) is 5.44. The van der Waals surface area contributed by atoms with Crippen LogP contribution in [-0.2, 0) is 0 Å². The van der Waals surface area contributed by atoms with Crippen LogP contribution in [0.15, 0.2) is 0 Å². The molecule has 1 heterocycles. The van der Waals surface area contributed by atoms with Crippen LogP contribution in [0.5, 0.6) is 0 Å². The summed E-state index contributed by atoms with van der Waals surface area (Å²) in [7, 11) is 0. The summed E-state index contributed by atoms with van der Waals surface area (Å²) in [6, 6.07) is 0. The van der Waals surface area contributed by atoms with Gasteiger partial charge in [0.25, 0.3) is 0 Å². The molecule has 2 rings (SSSR count). The largest absolute Gasteiger partial charge is 0.316 e. The molecule has 0 unspecified atom stereocenters. The van der Waals surface area contributed by atoms with Gasteiger partial charge < -0.3 is 5.32 Å². The van der Waals surface area contributed by atoms with Crippen LogP contribution >= 0.6 is 0 Å². The summed E-state index contributed by atoms with van der Waals surface area (Å²) in [5, 5.41) is 3.24. The Hall–Kier alpha value is -0.110. The Kier molecular flexibility index (Phi) is 1.22. The summed E-state index contributed by atoms with van der Waals surface area (Å²) >= 11 is 0. The van der Waals surface area contributed by atoms with Gasteiger partial charge in [0, 0.05) is 24.9 Å². The molecule has 2 bridgehead atoms. The van der Waals surface area contributed by atoms with Crippen LogP contribution in [0.25, 0.3) is 0 Å². The fourth-order valence-electron chi connectivity index (χ4n) is 2.01. The van der Waals surface area contributed by atoms with E-state index >= 15 is 0 Å². The van der Waals surface area contributed by atoms with Gasteiger partial charge in [-0.15, -0.1) is 0 Å². The first kappa shape index (κ1) is 5.66. The van der Waals surface area contributed by atoms with E-state index in [1.165, 1.54) is 0 Å². The Morgan fingerprint density at radius 1 is 1.11 bits per heavy atom. The quantitative estimate of drug-likeness (QED) is 0.513. The normalized spacial score (nSPS) is 49.7. The van der Waals surface area contributed by atoms with E-state index in [-0.39, 0.29) is 0 Å². The molecule has 1 aliphatic carbocycles. The zero-order chi connectivity index (χ0) is 6.27. The molecule has 52 valence electrons. The lowest BCUT2D eigenvalue weighted by molar-refractivity contribution is 0.169. The Bertz CT molecular complexity index is 99.5. The SMILES string of the molecule is FC1[C@H]2CC[C@H]1CNC2. The molecule has 1 aliphatic heterocycles. The van der Waals surface area contributed by atoms with E-state index in [1.807, 2.05) is 0 Å². The molecule has 1 saturated heterocycles.